The van der Waals surface area contributed by atoms with Gasteiger partial charge >= 0.3 is 6.18 Å². The topological polar surface area (TPSA) is 47.6 Å². The van der Waals surface area contributed by atoms with Crippen LogP contribution in [0.15, 0.2) is 40.9 Å². The summed E-state index contributed by atoms with van der Waals surface area (Å²) in [7, 11) is 2.92. The highest BCUT2D eigenvalue weighted by molar-refractivity contribution is 9.10. The molecule has 0 aromatic heterocycles. The molecule has 0 atom stereocenters. The predicted octanol–water partition coefficient (Wildman–Crippen LogP) is 4.42. The Kier molecular flexibility index (Phi) is 5.94. The molecule has 8 heteroatoms. The lowest BCUT2D eigenvalue weighted by Crippen LogP contribution is -2.23. The van der Waals surface area contributed by atoms with E-state index >= 15 is 0 Å². The molecular formula is C17H15BrF3NO3. The molecule has 0 saturated heterocycles. The molecule has 1 N–H and O–H groups in total. The van der Waals surface area contributed by atoms with Gasteiger partial charge in [0.25, 0.3) is 5.91 Å². The second-order valence-electron chi connectivity index (χ2n) is 5.07. The molecular weight excluding hydrogens is 403 g/mol. The smallest absolute Gasteiger partial charge is 0.416 e. The number of ether oxygens (including phenoxy) is 2. The summed E-state index contributed by atoms with van der Waals surface area (Å²) in [5.41, 5.74) is 0.131. The van der Waals surface area contributed by atoms with Crippen LogP contribution in [0.1, 0.15) is 21.5 Å². The van der Waals surface area contributed by atoms with Gasteiger partial charge in [-0.2, -0.15) is 13.2 Å². The van der Waals surface area contributed by atoms with Crippen molar-refractivity contribution in [3.8, 4) is 11.5 Å². The third kappa shape index (κ3) is 4.66. The zero-order valence-electron chi connectivity index (χ0n) is 13.4. The van der Waals surface area contributed by atoms with Gasteiger partial charge in [0.05, 0.1) is 19.8 Å². The van der Waals surface area contributed by atoms with Crippen LogP contribution in [0.3, 0.4) is 0 Å². The van der Waals surface area contributed by atoms with E-state index in [0.717, 1.165) is 12.1 Å². The summed E-state index contributed by atoms with van der Waals surface area (Å²) in [4.78, 5) is 12.3. The van der Waals surface area contributed by atoms with E-state index in [1.807, 2.05) is 0 Å². The molecule has 0 saturated carbocycles. The van der Waals surface area contributed by atoms with E-state index in [2.05, 4.69) is 21.2 Å². The lowest BCUT2D eigenvalue weighted by molar-refractivity contribution is -0.137. The molecule has 0 unspecified atom stereocenters. The first-order valence-corrected chi connectivity index (χ1v) is 7.91. The fraction of sp³-hybridized carbons (Fsp3) is 0.235. The van der Waals surface area contributed by atoms with Crippen LogP contribution >= 0.6 is 15.9 Å². The number of carbonyl (C=O) groups excluding carboxylic acids is 1. The van der Waals surface area contributed by atoms with E-state index in [-0.39, 0.29) is 6.54 Å². The number of amides is 1. The number of rotatable bonds is 5. The SMILES string of the molecule is COc1cc(C(=O)NCc2ccc(C(F)(F)F)cc2)cc(OC)c1Br. The highest BCUT2D eigenvalue weighted by Crippen LogP contribution is 2.35. The van der Waals surface area contributed by atoms with Gasteiger partial charge < -0.3 is 14.8 Å². The van der Waals surface area contributed by atoms with Gasteiger partial charge in [-0.25, -0.2) is 0 Å². The van der Waals surface area contributed by atoms with Gasteiger partial charge in [0, 0.05) is 12.1 Å². The molecule has 0 bridgehead atoms. The molecule has 0 spiro atoms. The molecule has 2 aromatic carbocycles. The summed E-state index contributed by atoms with van der Waals surface area (Å²) >= 11 is 3.31. The number of hydrogen-bond donors (Lipinski definition) is 1. The Balaban J connectivity index is 2.10. The van der Waals surface area contributed by atoms with Crippen LogP contribution in [0.4, 0.5) is 13.2 Å². The van der Waals surface area contributed by atoms with Gasteiger partial charge in [-0.15, -0.1) is 0 Å². The maximum atomic E-state index is 12.5. The van der Waals surface area contributed by atoms with Crippen molar-refractivity contribution < 1.29 is 27.4 Å². The third-order valence-corrected chi connectivity index (χ3v) is 4.22. The highest BCUT2D eigenvalue weighted by Gasteiger charge is 2.29. The Morgan fingerprint density at radius 2 is 1.60 bits per heavy atom. The lowest BCUT2D eigenvalue weighted by Gasteiger charge is -2.12. The van der Waals surface area contributed by atoms with Crippen molar-refractivity contribution in [2.24, 2.45) is 0 Å². The monoisotopic (exact) mass is 417 g/mol. The number of hydrogen-bond acceptors (Lipinski definition) is 3. The molecule has 2 rings (SSSR count). The maximum absolute atomic E-state index is 12.5. The van der Waals surface area contributed by atoms with Crippen LogP contribution in [0, 0.1) is 0 Å². The molecule has 1 amide bonds. The maximum Gasteiger partial charge on any atom is 0.416 e. The quantitative estimate of drug-likeness (QED) is 0.783. The van der Waals surface area contributed by atoms with Gasteiger partial charge in [-0.3, -0.25) is 4.79 Å². The molecule has 0 aliphatic carbocycles. The van der Waals surface area contributed by atoms with E-state index in [0.29, 0.717) is 27.1 Å². The summed E-state index contributed by atoms with van der Waals surface area (Å²) < 4.78 is 48.5. The Morgan fingerprint density at radius 1 is 1.08 bits per heavy atom. The summed E-state index contributed by atoms with van der Waals surface area (Å²) in [6.07, 6.45) is -4.38. The van der Waals surface area contributed by atoms with Crippen LogP contribution in [-0.4, -0.2) is 20.1 Å². The fourth-order valence-electron chi connectivity index (χ4n) is 2.10. The molecule has 4 nitrogen and oxygen atoms in total. The number of benzene rings is 2. The van der Waals surface area contributed by atoms with Crippen LogP contribution in [0.2, 0.25) is 0 Å². The molecule has 0 aliphatic heterocycles. The first kappa shape index (κ1) is 19.1. The number of alkyl halides is 3. The van der Waals surface area contributed by atoms with Crippen molar-refractivity contribution in [2.75, 3.05) is 14.2 Å². The van der Waals surface area contributed by atoms with Gasteiger partial charge in [0.1, 0.15) is 16.0 Å². The van der Waals surface area contributed by atoms with E-state index in [1.165, 1.54) is 38.5 Å². The second kappa shape index (κ2) is 7.77. The first-order valence-electron chi connectivity index (χ1n) is 7.12. The number of methoxy groups -OCH3 is 2. The summed E-state index contributed by atoms with van der Waals surface area (Å²) in [6.45, 7) is 0.0949. The lowest BCUT2D eigenvalue weighted by atomic mass is 10.1. The first-order chi connectivity index (χ1) is 11.8. The molecule has 2 aromatic rings. The number of carbonyl (C=O) groups is 1. The Hall–Kier alpha value is -2.22. The third-order valence-electron chi connectivity index (χ3n) is 3.44. The molecule has 0 fully saturated rings. The largest absolute Gasteiger partial charge is 0.495 e. The van der Waals surface area contributed by atoms with E-state index < -0.39 is 17.6 Å². The Bertz CT molecular complexity index is 736. The van der Waals surface area contributed by atoms with Gasteiger partial charge in [-0.05, 0) is 45.8 Å². The number of halogens is 4. The molecule has 134 valence electrons. The Morgan fingerprint density at radius 3 is 2.04 bits per heavy atom. The molecule has 0 heterocycles. The normalized spacial score (nSPS) is 11.1. The average Bonchev–Trinajstić information content (AvgIpc) is 2.59. The van der Waals surface area contributed by atoms with Crippen molar-refractivity contribution in [3.05, 3.63) is 57.6 Å². The minimum atomic E-state index is -4.38. The van der Waals surface area contributed by atoms with Crippen molar-refractivity contribution >= 4 is 21.8 Å². The zero-order chi connectivity index (χ0) is 18.6. The minimum Gasteiger partial charge on any atom is -0.495 e. The summed E-state index contributed by atoms with van der Waals surface area (Å²) in [6, 6.07) is 7.68. The van der Waals surface area contributed by atoms with Gasteiger partial charge in [0.2, 0.25) is 0 Å². The van der Waals surface area contributed by atoms with Crippen LogP contribution < -0.4 is 14.8 Å². The van der Waals surface area contributed by atoms with Crippen LogP contribution in [0.25, 0.3) is 0 Å². The van der Waals surface area contributed by atoms with Crippen LogP contribution in [0.5, 0.6) is 11.5 Å². The minimum absolute atomic E-state index is 0.0949. The molecule has 25 heavy (non-hydrogen) atoms. The van der Waals surface area contributed by atoms with Crippen molar-refractivity contribution in [2.45, 2.75) is 12.7 Å². The van der Waals surface area contributed by atoms with Crippen molar-refractivity contribution in [3.63, 3.8) is 0 Å². The van der Waals surface area contributed by atoms with Crippen molar-refractivity contribution in [1.82, 2.24) is 5.32 Å². The average molecular weight is 418 g/mol. The van der Waals surface area contributed by atoms with Crippen LogP contribution in [-0.2, 0) is 12.7 Å². The summed E-state index contributed by atoms with van der Waals surface area (Å²) in [5, 5.41) is 2.65. The van der Waals surface area contributed by atoms with E-state index in [1.54, 1.807) is 0 Å². The van der Waals surface area contributed by atoms with Gasteiger partial charge in [-0.1, -0.05) is 12.1 Å². The van der Waals surface area contributed by atoms with Gasteiger partial charge in [0.15, 0.2) is 0 Å². The second-order valence-corrected chi connectivity index (χ2v) is 5.87. The molecule has 0 aliphatic rings. The molecule has 0 radical (unpaired) electrons. The Labute approximate surface area is 151 Å². The number of nitrogens with one attached hydrogen (secondary N) is 1. The van der Waals surface area contributed by atoms with E-state index in [4.69, 9.17) is 9.47 Å². The predicted molar refractivity (Wildman–Crippen MR) is 89.9 cm³/mol. The highest BCUT2D eigenvalue weighted by atomic mass is 79.9. The standard InChI is InChI=1S/C17H15BrF3NO3/c1-24-13-7-11(8-14(25-2)15(13)18)16(23)22-9-10-3-5-12(6-4-10)17(19,20)21/h3-8H,9H2,1-2H3,(H,22,23). The van der Waals surface area contributed by atoms with E-state index in [9.17, 15) is 18.0 Å². The van der Waals surface area contributed by atoms with Crippen molar-refractivity contribution in [1.29, 1.82) is 0 Å². The fourth-order valence-corrected chi connectivity index (χ4v) is 2.65. The zero-order valence-corrected chi connectivity index (χ0v) is 15.0. The summed E-state index contributed by atoms with van der Waals surface area (Å²) in [5.74, 6) is 0.460.